The maximum atomic E-state index is 3.62. The van der Waals surface area contributed by atoms with Crippen LogP contribution in [-0.4, -0.2) is 6.54 Å². The van der Waals surface area contributed by atoms with Crippen molar-refractivity contribution in [2.24, 2.45) is 0 Å². The van der Waals surface area contributed by atoms with Crippen LogP contribution in [0.15, 0.2) is 53.0 Å². The van der Waals surface area contributed by atoms with Crippen molar-refractivity contribution in [3.05, 3.63) is 69.7 Å². The fraction of sp³-hybridized carbons (Fsp3) is 0.294. The van der Waals surface area contributed by atoms with E-state index < -0.39 is 0 Å². The topological polar surface area (TPSA) is 12.0 Å². The molecule has 0 saturated heterocycles. The normalized spacial score (nSPS) is 12.4. The first-order chi connectivity index (χ1) is 9.22. The predicted molar refractivity (Wildman–Crippen MR) is 85.4 cm³/mol. The Labute approximate surface area is 124 Å². The molecule has 0 aromatic heterocycles. The minimum atomic E-state index is 0.366. The largest absolute Gasteiger partial charge is 0.310 e. The predicted octanol–water partition coefficient (Wildman–Crippen LogP) is 4.65. The zero-order valence-electron chi connectivity index (χ0n) is 11.5. The number of likely N-dealkylation sites (N-methyl/N-ethyl adjacent to an activating group) is 1. The molecule has 1 atom stereocenters. The van der Waals surface area contributed by atoms with Crippen LogP contribution >= 0.6 is 15.9 Å². The fourth-order valence-corrected chi connectivity index (χ4v) is 2.77. The lowest BCUT2D eigenvalue weighted by Gasteiger charge is -2.21. The van der Waals surface area contributed by atoms with Gasteiger partial charge < -0.3 is 5.32 Å². The molecule has 0 aliphatic rings. The van der Waals surface area contributed by atoms with Gasteiger partial charge in [0, 0.05) is 10.5 Å². The molecule has 0 radical (unpaired) electrons. The molecule has 0 spiro atoms. The highest BCUT2D eigenvalue weighted by molar-refractivity contribution is 9.10. The first-order valence-corrected chi connectivity index (χ1v) is 7.54. The van der Waals surface area contributed by atoms with Gasteiger partial charge in [-0.2, -0.15) is 0 Å². The Hall–Kier alpha value is -1.12. The SMILES string of the molecule is CCNC(Cc1ccccc1)c1cccc(Br)c1C. The zero-order chi connectivity index (χ0) is 13.7. The van der Waals surface area contributed by atoms with Crippen LogP contribution in [0.25, 0.3) is 0 Å². The van der Waals surface area contributed by atoms with Crippen molar-refractivity contribution in [1.82, 2.24) is 5.32 Å². The van der Waals surface area contributed by atoms with Gasteiger partial charge in [0.15, 0.2) is 0 Å². The lowest BCUT2D eigenvalue weighted by atomic mass is 9.95. The summed E-state index contributed by atoms with van der Waals surface area (Å²) in [5.74, 6) is 0. The van der Waals surface area contributed by atoms with E-state index in [1.807, 2.05) is 0 Å². The lowest BCUT2D eigenvalue weighted by molar-refractivity contribution is 0.547. The molecule has 2 aromatic rings. The third-order valence-corrected chi connectivity index (χ3v) is 4.28. The summed E-state index contributed by atoms with van der Waals surface area (Å²) < 4.78 is 1.18. The maximum absolute atomic E-state index is 3.62. The van der Waals surface area contributed by atoms with E-state index in [1.165, 1.54) is 21.2 Å². The molecule has 19 heavy (non-hydrogen) atoms. The average Bonchev–Trinajstić information content (AvgIpc) is 2.43. The smallest absolute Gasteiger partial charge is 0.0363 e. The molecule has 0 heterocycles. The quantitative estimate of drug-likeness (QED) is 0.846. The van der Waals surface area contributed by atoms with Gasteiger partial charge in [-0.05, 0) is 42.6 Å². The Morgan fingerprint density at radius 1 is 1.05 bits per heavy atom. The highest BCUT2D eigenvalue weighted by Crippen LogP contribution is 2.26. The molecule has 1 unspecified atom stereocenters. The van der Waals surface area contributed by atoms with Gasteiger partial charge >= 0.3 is 0 Å². The van der Waals surface area contributed by atoms with E-state index in [4.69, 9.17) is 0 Å². The average molecular weight is 318 g/mol. The summed E-state index contributed by atoms with van der Waals surface area (Å²) in [7, 11) is 0. The van der Waals surface area contributed by atoms with Gasteiger partial charge in [-0.15, -0.1) is 0 Å². The number of hydrogen-bond acceptors (Lipinski definition) is 1. The van der Waals surface area contributed by atoms with E-state index >= 15 is 0 Å². The van der Waals surface area contributed by atoms with Gasteiger partial charge in [0.05, 0.1) is 0 Å². The summed E-state index contributed by atoms with van der Waals surface area (Å²) in [5, 5.41) is 3.59. The first-order valence-electron chi connectivity index (χ1n) is 6.74. The molecule has 100 valence electrons. The van der Waals surface area contributed by atoms with Crippen molar-refractivity contribution >= 4 is 15.9 Å². The minimum Gasteiger partial charge on any atom is -0.310 e. The summed E-state index contributed by atoms with van der Waals surface area (Å²) >= 11 is 3.62. The Morgan fingerprint density at radius 2 is 1.79 bits per heavy atom. The molecule has 1 N–H and O–H groups in total. The van der Waals surface area contributed by atoms with E-state index in [1.54, 1.807) is 0 Å². The number of nitrogens with one attached hydrogen (secondary N) is 1. The van der Waals surface area contributed by atoms with Gasteiger partial charge in [0.2, 0.25) is 0 Å². The second-order valence-electron chi connectivity index (χ2n) is 4.75. The van der Waals surface area contributed by atoms with Crippen LogP contribution in [0.5, 0.6) is 0 Å². The van der Waals surface area contributed by atoms with Gasteiger partial charge in [-0.25, -0.2) is 0 Å². The highest BCUT2D eigenvalue weighted by atomic mass is 79.9. The molecule has 2 aromatic carbocycles. The summed E-state index contributed by atoms with van der Waals surface area (Å²) in [6.45, 7) is 5.31. The Kier molecular flexibility index (Phi) is 5.17. The van der Waals surface area contributed by atoms with Crippen LogP contribution in [0.1, 0.15) is 29.7 Å². The van der Waals surface area contributed by atoms with Crippen LogP contribution in [0.3, 0.4) is 0 Å². The molecule has 2 rings (SSSR count). The van der Waals surface area contributed by atoms with Gasteiger partial charge in [-0.1, -0.05) is 65.3 Å². The maximum Gasteiger partial charge on any atom is 0.0363 e. The molecule has 1 nitrogen and oxygen atoms in total. The summed E-state index contributed by atoms with van der Waals surface area (Å²) in [4.78, 5) is 0. The molecule has 0 amide bonds. The molecule has 0 fully saturated rings. The van der Waals surface area contributed by atoms with Crippen molar-refractivity contribution in [3.63, 3.8) is 0 Å². The van der Waals surface area contributed by atoms with Crippen molar-refractivity contribution < 1.29 is 0 Å². The molecule has 2 heteroatoms. The van der Waals surface area contributed by atoms with Crippen LogP contribution in [0, 0.1) is 6.92 Å². The second-order valence-corrected chi connectivity index (χ2v) is 5.61. The monoisotopic (exact) mass is 317 g/mol. The van der Waals surface area contributed by atoms with Crippen molar-refractivity contribution in [2.45, 2.75) is 26.3 Å². The van der Waals surface area contributed by atoms with Gasteiger partial charge in [0.25, 0.3) is 0 Å². The van der Waals surface area contributed by atoms with Crippen LogP contribution in [0.2, 0.25) is 0 Å². The standard InChI is InChI=1S/C17H20BrN/c1-3-19-17(12-14-8-5-4-6-9-14)15-10-7-11-16(18)13(15)2/h4-11,17,19H,3,12H2,1-2H3. The molecular formula is C17H20BrN. The number of halogens is 1. The number of rotatable bonds is 5. The number of hydrogen-bond donors (Lipinski definition) is 1. The Morgan fingerprint density at radius 3 is 2.47 bits per heavy atom. The third-order valence-electron chi connectivity index (χ3n) is 3.42. The van der Waals surface area contributed by atoms with E-state index in [-0.39, 0.29) is 0 Å². The van der Waals surface area contributed by atoms with E-state index in [0.29, 0.717) is 6.04 Å². The molecule has 0 bridgehead atoms. The van der Waals surface area contributed by atoms with Crippen LogP contribution in [-0.2, 0) is 6.42 Å². The van der Waals surface area contributed by atoms with Crippen molar-refractivity contribution in [3.8, 4) is 0 Å². The lowest BCUT2D eigenvalue weighted by Crippen LogP contribution is -2.23. The Bertz CT molecular complexity index is 522. The third kappa shape index (κ3) is 3.68. The van der Waals surface area contributed by atoms with Crippen molar-refractivity contribution in [1.29, 1.82) is 0 Å². The van der Waals surface area contributed by atoms with Crippen molar-refractivity contribution in [2.75, 3.05) is 6.54 Å². The molecule has 0 saturated carbocycles. The highest BCUT2D eigenvalue weighted by Gasteiger charge is 2.14. The van der Waals surface area contributed by atoms with E-state index in [9.17, 15) is 0 Å². The van der Waals surface area contributed by atoms with Gasteiger partial charge in [-0.3, -0.25) is 0 Å². The molecule has 0 aliphatic carbocycles. The van der Waals surface area contributed by atoms with E-state index in [2.05, 4.69) is 83.6 Å². The minimum absolute atomic E-state index is 0.366. The molecular weight excluding hydrogens is 298 g/mol. The summed E-state index contributed by atoms with van der Waals surface area (Å²) in [6, 6.07) is 17.5. The van der Waals surface area contributed by atoms with Crippen LogP contribution < -0.4 is 5.32 Å². The first kappa shape index (κ1) is 14.3. The molecule has 0 aliphatic heterocycles. The van der Waals surface area contributed by atoms with Crippen LogP contribution in [0.4, 0.5) is 0 Å². The fourth-order valence-electron chi connectivity index (χ4n) is 2.39. The second kappa shape index (κ2) is 6.88. The number of benzene rings is 2. The van der Waals surface area contributed by atoms with E-state index in [0.717, 1.165) is 13.0 Å². The van der Waals surface area contributed by atoms with Gasteiger partial charge in [0.1, 0.15) is 0 Å². The summed E-state index contributed by atoms with van der Waals surface area (Å²) in [6.07, 6.45) is 1.02. The Balaban J connectivity index is 2.27. The zero-order valence-corrected chi connectivity index (χ0v) is 13.1. The summed E-state index contributed by atoms with van der Waals surface area (Å²) in [5.41, 5.74) is 4.07.